The zero-order chi connectivity index (χ0) is 12.3. The van der Waals surface area contributed by atoms with Crippen molar-refractivity contribution in [1.29, 1.82) is 0 Å². The highest BCUT2D eigenvalue weighted by Gasteiger charge is 2.18. The molecule has 0 amide bonds. The van der Waals surface area contributed by atoms with Crippen LogP contribution in [0.2, 0.25) is 0 Å². The maximum absolute atomic E-state index is 6.13. The van der Waals surface area contributed by atoms with Gasteiger partial charge in [0.25, 0.3) is 0 Å². The first-order chi connectivity index (χ1) is 8.18. The predicted octanol–water partition coefficient (Wildman–Crippen LogP) is 3.34. The smallest absolute Gasteiger partial charge is 0.0389 e. The summed E-state index contributed by atoms with van der Waals surface area (Å²) in [5.41, 5.74) is 9.57. The Morgan fingerprint density at radius 3 is 2.65 bits per heavy atom. The van der Waals surface area contributed by atoms with E-state index in [0.717, 1.165) is 18.3 Å². The van der Waals surface area contributed by atoms with E-state index in [1.807, 2.05) is 0 Å². The minimum absolute atomic E-state index is 0.753. The third-order valence-corrected chi connectivity index (χ3v) is 4.03. The molecule has 2 N–H and O–H groups in total. The monoisotopic (exact) mass is 232 g/mol. The number of aryl methyl sites for hydroxylation is 1. The molecular formula is C15H24N2. The van der Waals surface area contributed by atoms with Crippen molar-refractivity contribution in [2.75, 3.05) is 12.8 Å². The Hall–Kier alpha value is -1.02. The lowest BCUT2D eigenvalue weighted by atomic mass is 9.94. The molecule has 94 valence electrons. The van der Waals surface area contributed by atoms with Crippen molar-refractivity contribution < 1.29 is 0 Å². The van der Waals surface area contributed by atoms with Crippen molar-refractivity contribution in [2.45, 2.75) is 51.6 Å². The highest BCUT2D eigenvalue weighted by atomic mass is 15.1. The number of anilines is 1. The van der Waals surface area contributed by atoms with Crippen molar-refractivity contribution in [1.82, 2.24) is 4.90 Å². The molecule has 0 spiro atoms. The molecule has 1 aromatic rings. The van der Waals surface area contributed by atoms with E-state index in [4.69, 9.17) is 5.73 Å². The second-order valence-corrected chi connectivity index (χ2v) is 5.35. The zero-order valence-corrected chi connectivity index (χ0v) is 11.1. The Morgan fingerprint density at radius 2 is 1.94 bits per heavy atom. The molecular weight excluding hydrogens is 208 g/mol. The average Bonchev–Trinajstić information content (AvgIpc) is 2.36. The second-order valence-electron chi connectivity index (χ2n) is 5.35. The SMILES string of the molecule is Cc1cccc(CN(C)C2CCCCC2)c1N. The van der Waals surface area contributed by atoms with E-state index in [2.05, 4.69) is 37.1 Å². The van der Waals surface area contributed by atoms with Crippen molar-refractivity contribution in [3.8, 4) is 0 Å². The molecule has 1 saturated carbocycles. The van der Waals surface area contributed by atoms with Gasteiger partial charge in [0.1, 0.15) is 0 Å². The predicted molar refractivity (Wildman–Crippen MR) is 73.9 cm³/mol. The molecule has 0 aromatic heterocycles. The van der Waals surface area contributed by atoms with Gasteiger partial charge in [0.15, 0.2) is 0 Å². The van der Waals surface area contributed by atoms with Gasteiger partial charge in [-0.3, -0.25) is 4.90 Å². The van der Waals surface area contributed by atoms with Crippen LogP contribution < -0.4 is 5.73 Å². The number of hydrogen-bond donors (Lipinski definition) is 1. The summed E-state index contributed by atoms with van der Waals surface area (Å²) in [7, 11) is 2.23. The van der Waals surface area contributed by atoms with Crippen LogP contribution in [-0.4, -0.2) is 18.0 Å². The summed E-state index contributed by atoms with van der Waals surface area (Å²) in [5.74, 6) is 0. The van der Waals surface area contributed by atoms with Gasteiger partial charge in [-0.05, 0) is 37.9 Å². The van der Waals surface area contributed by atoms with Gasteiger partial charge in [0, 0.05) is 18.3 Å². The third kappa shape index (κ3) is 3.01. The van der Waals surface area contributed by atoms with Crippen molar-refractivity contribution >= 4 is 5.69 Å². The van der Waals surface area contributed by atoms with E-state index in [1.54, 1.807) is 0 Å². The van der Waals surface area contributed by atoms with Crippen LogP contribution in [-0.2, 0) is 6.54 Å². The van der Waals surface area contributed by atoms with Gasteiger partial charge < -0.3 is 5.73 Å². The number of para-hydroxylation sites is 1. The Labute approximate surface area is 105 Å². The van der Waals surface area contributed by atoms with Gasteiger partial charge >= 0.3 is 0 Å². The normalized spacial score (nSPS) is 17.6. The van der Waals surface area contributed by atoms with Gasteiger partial charge in [-0.25, -0.2) is 0 Å². The van der Waals surface area contributed by atoms with Gasteiger partial charge in [-0.2, -0.15) is 0 Å². The lowest BCUT2D eigenvalue weighted by Crippen LogP contribution is -2.33. The first-order valence-corrected chi connectivity index (χ1v) is 6.72. The van der Waals surface area contributed by atoms with Crippen LogP contribution in [0.1, 0.15) is 43.2 Å². The Bertz CT molecular complexity index is 367. The highest BCUT2D eigenvalue weighted by Crippen LogP contribution is 2.24. The summed E-state index contributed by atoms with van der Waals surface area (Å²) in [6.45, 7) is 3.07. The molecule has 0 aliphatic heterocycles. The van der Waals surface area contributed by atoms with Gasteiger partial charge in [0.05, 0.1) is 0 Å². The summed E-state index contributed by atoms with van der Waals surface area (Å²) >= 11 is 0. The van der Waals surface area contributed by atoms with E-state index in [1.165, 1.54) is 43.2 Å². The van der Waals surface area contributed by atoms with Gasteiger partial charge in [-0.1, -0.05) is 37.5 Å². The maximum Gasteiger partial charge on any atom is 0.0389 e. The molecule has 0 heterocycles. The molecule has 0 unspecified atom stereocenters. The molecule has 2 rings (SSSR count). The fourth-order valence-electron chi connectivity index (χ4n) is 2.80. The molecule has 2 heteroatoms. The molecule has 2 nitrogen and oxygen atoms in total. The quantitative estimate of drug-likeness (QED) is 0.810. The minimum Gasteiger partial charge on any atom is -0.398 e. The fraction of sp³-hybridized carbons (Fsp3) is 0.600. The summed E-state index contributed by atoms with van der Waals surface area (Å²) in [6, 6.07) is 7.10. The van der Waals surface area contributed by atoms with Gasteiger partial charge in [0.2, 0.25) is 0 Å². The standard InChI is InChI=1S/C15H24N2/c1-12-7-6-8-13(15(12)16)11-17(2)14-9-4-3-5-10-14/h6-8,14H,3-5,9-11,16H2,1-2H3. The summed E-state index contributed by atoms with van der Waals surface area (Å²) in [4.78, 5) is 2.48. The number of benzene rings is 1. The molecule has 1 aliphatic carbocycles. The first-order valence-electron chi connectivity index (χ1n) is 6.72. The Balaban J connectivity index is 2.01. The van der Waals surface area contributed by atoms with Crippen LogP contribution in [0, 0.1) is 6.92 Å². The molecule has 1 aliphatic rings. The van der Waals surface area contributed by atoms with Crippen LogP contribution in [0.3, 0.4) is 0 Å². The summed E-state index contributed by atoms with van der Waals surface area (Å²) in [6.07, 6.45) is 6.89. The Kier molecular flexibility index (Phi) is 4.06. The van der Waals surface area contributed by atoms with E-state index in [-0.39, 0.29) is 0 Å². The highest BCUT2D eigenvalue weighted by molar-refractivity contribution is 5.52. The number of nitrogen functional groups attached to an aromatic ring is 1. The fourth-order valence-corrected chi connectivity index (χ4v) is 2.80. The number of nitrogens with zero attached hydrogens (tertiary/aromatic N) is 1. The van der Waals surface area contributed by atoms with E-state index >= 15 is 0 Å². The van der Waals surface area contributed by atoms with Crippen molar-refractivity contribution in [3.05, 3.63) is 29.3 Å². The second kappa shape index (κ2) is 5.54. The molecule has 1 fully saturated rings. The summed E-state index contributed by atoms with van der Waals surface area (Å²) < 4.78 is 0. The maximum atomic E-state index is 6.13. The molecule has 0 saturated heterocycles. The molecule has 0 atom stereocenters. The largest absolute Gasteiger partial charge is 0.398 e. The minimum atomic E-state index is 0.753. The molecule has 0 bridgehead atoms. The van der Waals surface area contributed by atoms with Crippen LogP contribution in [0.25, 0.3) is 0 Å². The number of nitrogens with two attached hydrogens (primary N) is 1. The van der Waals surface area contributed by atoms with E-state index < -0.39 is 0 Å². The Morgan fingerprint density at radius 1 is 1.24 bits per heavy atom. The van der Waals surface area contributed by atoms with E-state index in [9.17, 15) is 0 Å². The van der Waals surface area contributed by atoms with Crippen LogP contribution in [0.15, 0.2) is 18.2 Å². The third-order valence-electron chi connectivity index (χ3n) is 4.03. The lowest BCUT2D eigenvalue weighted by molar-refractivity contribution is 0.185. The first kappa shape index (κ1) is 12.4. The topological polar surface area (TPSA) is 29.3 Å². The van der Waals surface area contributed by atoms with Crippen LogP contribution >= 0.6 is 0 Å². The van der Waals surface area contributed by atoms with Crippen molar-refractivity contribution in [2.24, 2.45) is 0 Å². The zero-order valence-electron chi connectivity index (χ0n) is 11.1. The molecule has 1 aromatic carbocycles. The number of hydrogen-bond acceptors (Lipinski definition) is 2. The van der Waals surface area contributed by atoms with Crippen LogP contribution in [0.4, 0.5) is 5.69 Å². The lowest BCUT2D eigenvalue weighted by Gasteiger charge is -2.31. The molecule has 0 radical (unpaired) electrons. The average molecular weight is 232 g/mol. The number of rotatable bonds is 3. The summed E-state index contributed by atoms with van der Waals surface area (Å²) in [5, 5.41) is 0. The van der Waals surface area contributed by atoms with Crippen molar-refractivity contribution in [3.63, 3.8) is 0 Å². The van der Waals surface area contributed by atoms with E-state index in [0.29, 0.717) is 0 Å². The van der Waals surface area contributed by atoms with Gasteiger partial charge in [-0.15, -0.1) is 0 Å². The van der Waals surface area contributed by atoms with Crippen LogP contribution in [0.5, 0.6) is 0 Å². The molecule has 17 heavy (non-hydrogen) atoms.